The minimum absolute atomic E-state index is 0.218. The molecule has 0 spiro atoms. The van der Waals surface area contributed by atoms with E-state index < -0.39 is 0 Å². The van der Waals surface area contributed by atoms with Gasteiger partial charge in [0.05, 0.1) is 16.4 Å². The van der Waals surface area contributed by atoms with Gasteiger partial charge in [-0.3, -0.25) is 4.79 Å². The van der Waals surface area contributed by atoms with Crippen molar-refractivity contribution in [3.63, 3.8) is 0 Å². The lowest BCUT2D eigenvalue weighted by Crippen LogP contribution is -2.12. The van der Waals surface area contributed by atoms with Crippen molar-refractivity contribution in [3.05, 3.63) is 39.9 Å². The van der Waals surface area contributed by atoms with E-state index in [9.17, 15) is 4.79 Å². The Morgan fingerprint density at radius 1 is 1.47 bits per heavy atom. The molecule has 17 heavy (non-hydrogen) atoms. The molecule has 1 heterocycles. The summed E-state index contributed by atoms with van der Waals surface area (Å²) in [7, 11) is 0. The van der Waals surface area contributed by atoms with Crippen molar-refractivity contribution >= 4 is 34.7 Å². The third-order valence-electron chi connectivity index (χ3n) is 2.22. The fourth-order valence-corrected chi connectivity index (χ4v) is 2.18. The van der Waals surface area contributed by atoms with Crippen LogP contribution in [0.5, 0.6) is 0 Å². The van der Waals surface area contributed by atoms with Gasteiger partial charge in [0.15, 0.2) is 0 Å². The molecule has 1 aromatic carbocycles. The number of nitrogens with one attached hydrogen (secondary N) is 1. The van der Waals surface area contributed by atoms with E-state index in [-0.39, 0.29) is 5.91 Å². The second-order valence-electron chi connectivity index (χ2n) is 3.34. The van der Waals surface area contributed by atoms with Crippen molar-refractivity contribution in [2.45, 2.75) is 13.3 Å². The van der Waals surface area contributed by atoms with E-state index in [1.54, 1.807) is 12.1 Å². The van der Waals surface area contributed by atoms with Crippen molar-refractivity contribution in [1.82, 2.24) is 9.59 Å². The monoisotopic (exact) mass is 267 g/mol. The van der Waals surface area contributed by atoms with Gasteiger partial charge in [-0.2, -0.15) is 0 Å². The highest BCUT2D eigenvalue weighted by molar-refractivity contribution is 7.08. The Morgan fingerprint density at radius 2 is 2.24 bits per heavy atom. The molecule has 0 radical (unpaired) electrons. The van der Waals surface area contributed by atoms with Gasteiger partial charge >= 0.3 is 0 Å². The number of carbonyl (C=O) groups excluding carboxylic acids is 1. The normalized spacial score (nSPS) is 10.2. The van der Waals surface area contributed by atoms with Crippen LogP contribution in [0.4, 0.5) is 5.69 Å². The fourth-order valence-electron chi connectivity index (χ4n) is 1.35. The highest BCUT2D eigenvalue weighted by Crippen LogP contribution is 2.22. The smallest absolute Gasteiger partial charge is 0.269 e. The molecule has 6 heteroatoms. The topological polar surface area (TPSA) is 54.9 Å². The first-order valence-corrected chi connectivity index (χ1v) is 6.24. The summed E-state index contributed by atoms with van der Waals surface area (Å²) < 4.78 is 3.78. The van der Waals surface area contributed by atoms with Gasteiger partial charge in [-0.15, -0.1) is 5.10 Å². The van der Waals surface area contributed by atoms with Crippen LogP contribution in [0.25, 0.3) is 0 Å². The second-order valence-corrected chi connectivity index (χ2v) is 4.50. The number of aromatic nitrogens is 2. The molecule has 2 rings (SSSR count). The molecule has 0 aliphatic carbocycles. The highest BCUT2D eigenvalue weighted by Gasteiger charge is 2.15. The number of rotatable bonds is 3. The molecule has 1 amide bonds. The predicted molar refractivity (Wildman–Crippen MR) is 68.7 cm³/mol. The molecule has 0 fully saturated rings. The Morgan fingerprint density at radius 3 is 2.94 bits per heavy atom. The predicted octanol–water partition coefficient (Wildman–Crippen LogP) is 3.01. The van der Waals surface area contributed by atoms with Crippen molar-refractivity contribution in [1.29, 1.82) is 0 Å². The second kappa shape index (κ2) is 5.25. The number of nitrogens with zero attached hydrogens (tertiary/aromatic N) is 2. The third kappa shape index (κ3) is 2.62. The standard InChI is InChI=1S/C11H10ClN3OS/c1-2-8-10(17-15-14-8)11(16)13-9-6-4-3-5-7(9)12/h3-6H,2H2,1H3,(H,13,16). The molecule has 0 bridgehead atoms. The number of hydrogen-bond donors (Lipinski definition) is 1. The van der Waals surface area contributed by atoms with Crippen LogP contribution in [0.1, 0.15) is 22.3 Å². The molecule has 0 unspecified atom stereocenters. The van der Waals surface area contributed by atoms with Crippen molar-refractivity contribution in [3.8, 4) is 0 Å². The Labute approximate surface area is 108 Å². The zero-order valence-electron chi connectivity index (χ0n) is 9.11. The largest absolute Gasteiger partial charge is 0.320 e. The molecule has 0 aliphatic heterocycles. The number of hydrogen-bond acceptors (Lipinski definition) is 4. The van der Waals surface area contributed by atoms with E-state index in [1.165, 1.54) is 0 Å². The van der Waals surface area contributed by atoms with Gasteiger partial charge in [0.1, 0.15) is 4.88 Å². The Balaban J connectivity index is 2.20. The number of benzene rings is 1. The molecule has 0 aliphatic rings. The van der Waals surface area contributed by atoms with Crippen molar-refractivity contribution < 1.29 is 4.79 Å². The van der Waals surface area contributed by atoms with Gasteiger partial charge in [0, 0.05) is 0 Å². The maximum absolute atomic E-state index is 12.0. The van der Waals surface area contributed by atoms with Crippen LogP contribution in [0.15, 0.2) is 24.3 Å². The van der Waals surface area contributed by atoms with Crippen LogP contribution in [-0.4, -0.2) is 15.5 Å². The molecule has 1 aromatic heterocycles. The van der Waals surface area contributed by atoms with E-state index in [2.05, 4.69) is 14.9 Å². The summed E-state index contributed by atoms with van der Waals surface area (Å²) >= 11 is 7.05. The van der Waals surface area contributed by atoms with Gasteiger partial charge in [0.25, 0.3) is 5.91 Å². The van der Waals surface area contributed by atoms with Crippen molar-refractivity contribution in [2.75, 3.05) is 5.32 Å². The first kappa shape index (κ1) is 12.0. The molecule has 4 nitrogen and oxygen atoms in total. The summed E-state index contributed by atoms with van der Waals surface area (Å²) in [5.74, 6) is -0.218. The zero-order chi connectivity index (χ0) is 12.3. The zero-order valence-corrected chi connectivity index (χ0v) is 10.7. The summed E-state index contributed by atoms with van der Waals surface area (Å²) in [6, 6.07) is 7.10. The summed E-state index contributed by atoms with van der Waals surface area (Å²) in [6.07, 6.45) is 0.682. The maximum atomic E-state index is 12.0. The quantitative estimate of drug-likeness (QED) is 0.930. The first-order chi connectivity index (χ1) is 8.22. The van der Waals surface area contributed by atoms with Crippen molar-refractivity contribution in [2.24, 2.45) is 0 Å². The number of para-hydroxylation sites is 1. The number of carbonyl (C=O) groups is 1. The lowest BCUT2D eigenvalue weighted by Gasteiger charge is -2.05. The van der Waals surface area contributed by atoms with Crippen LogP contribution >= 0.6 is 23.1 Å². The fraction of sp³-hybridized carbons (Fsp3) is 0.182. The Hall–Kier alpha value is -1.46. The average Bonchev–Trinajstić information content (AvgIpc) is 2.80. The lowest BCUT2D eigenvalue weighted by molar-refractivity contribution is 0.102. The molecular formula is C11H10ClN3OS. The van der Waals surface area contributed by atoms with E-state index in [1.807, 2.05) is 19.1 Å². The third-order valence-corrected chi connectivity index (χ3v) is 3.32. The molecule has 0 saturated heterocycles. The highest BCUT2D eigenvalue weighted by atomic mass is 35.5. The van der Waals surface area contributed by atoms with E-state index in [4.69, 9.17) is 11.6 Å². The minimum Gasteiger partial charge on any atom is -0.320 e. The molecule has 0 saturated carbocycles. The Kier molecular flexibility index (Phi) is 3.71. The summed E-state index contributed by atoms with van der Waals surface area (Å²) in [6.45, 7) is 1.93. The lowest BCUT2D eigenvalue weighted by atomic mass is 10.2. The van der Waals surface area contributed by atoms with Gasteiger partial charge in [-0.1, -0.05) is 35.1 Å². The Bertz CT molecular complexity index is 541. The summed E-state index contributed by atoms with van der Waals surface area (Å²) in [4.78, 5) is 12.5. The SMILES string of the molecule is CCc1nnsc1C(=O)Nc1ccccc1Cl. The molecule has 1 N–H and O–H groups in total. The first-order valence-electron chi connectivity index (χ1n) is 5.09. The number of aryl methyl sites for hydroxylation is 1. The van der Waals surface area contributed by atoms with Crippen LogP contribution in [-0.2, 0) is 6.42 Å². The average molecular weight is 268 g/mol. The van der Waals surface area contributed by atoms with E-state index in [0.717, 1.165) is 11.5 Å². The van der Waals surface area contributed by atoms with E-state index >= 15 is 0 Å². The van der Waals surface area contributed by atoms with Gasteiger partial charge in [-0.25, -0.2) is 0 Å². The molecule has 2 aromatic rings. The van der Waals surface area contributed by atoms with Crippen LogP contribution in [0, 0.1) is 0 Å². The minimum atomic E-state index is -0.218. The van der Waals surface area contributed by atoms with Gasteiger partial charge in [0.2, 0.25) is 0 Å². The molecule has 88 valence electrons. The summed E-state index contributed by atoms with van der Waals surface area (Å²) in [5.41, 5.74) is 1.30. The number of halogens is 1. The summed E-state index contributed by atoms with van der Waals surface area (Å²) in [5, 5.41) is 7.15. The van der Waals surface area contributed by atoms with Gasteiger partial charge in [-0.05, 0) is 30.1 Å². The van der Waals surface area contributed by atoms with E-state index in [0.29, 0.717) is 27.7 Å². The maximum Gasteiger partial charge on any atom is 0.269 e. The van der Waals surface area contributed by atoms with Gasteiger partial charge < -0.3 is 5.32 Å². The van der Waals surface area contributed by atoms with Crippen LogP contribution in [0.3, 0.4) is 0 Å². The van der Waals surface area contributed by atoms with Crippen LogP contribution in [0.2, 0.25) is 5.02 Å². The number of anilines is 1. The number of amides is 1. The molecular weight excluding hydrogens is 258 g/mol. The molecule has 0 atom stereocenters. The van der Waals surface area contributed by atoms with Crippen LogP contribution < -0.4 is 5.32 Å².